The SMILES string of the molecule is Cc1cnc(-c2ccc3nccnc3c2)nc1CCl. The molecule has 0 saturated heterocycles. The molecule has 0 N–H and O–H groups in total. The Morgan fingerprint density at radius 2 is 1.84 bits per heavy atom. The fourth-order valence-corrected chi connectivity index (χ4v) is 2.12. The topological polar surface area (TPSA) is 51.6 Å². The molecule has 0 unspecified atom stereocenters. The van der Waals surface area contributed by atoms with Crippen molar-refractivity contribution >= 4 is 22.6 Å². The van der Waals surface area contributed by atoms with Gasteiger partial charge in [0.05, 0.1) is 22.6 Å². The first-order chi connectivity index (χ1) is 9.28. The van der Waals surface area contributed by atoms with Crippen LogP contribution >= 0.6 is 11.6 Å². The molecule has 0 radical (unpaired) electrons. The quantitative estimate of drug-likeness (QED) is 0.671. The third-order valence-electron chi connectivity index (χ3n) is 2.93. The van der Waals surface area contributed by atoms with Crippen LogP contribution in [0, 0.1) is 6.92 Å². The van der Waals surface area contributed by atoms with E-state index in [0.29, 0.717) is 11.7 Å². The first-order valence-electron chi connectivity index (χ1n) is 5.87. The van der Waals surface area contributed by atoms with Gasteiger partial charge in [-0.3, -0.25) is 9.97 Å². The van der Waals surface area contributed by atoms with Crippen molar-refractivity contribution in [2.24, 2.45) is 0 Å². The van der Waals surface area contributed by atoms with Crippen molar-refractivity contribution < 1.29 is 0 Å². The van der Waals surface area contributed by atoms with E-state index in [1.807, 2.05) is 25.1 Å². The van der Waals surface area contributed by atoms with Gasteiger partial charge in [0.15, 0.2) is 5.82 Å². The third-order valence-corrected chi connectivity index (χ3v) is 3.18. The summed E-state index contributed by atoms with van der Waals surface area (Å²) in [7, 11) is 0. The molecule has 3 aromatic rings. The number of alkyl halides is 1. The molecule has 0 aliphatic heterocycles. The first-order valence-corrected chi connectivity index (χ1v) is 6.41. The smallest absolute Gasteiger partial charge is 0.159 e. The molecule has 0 amide bonds. The van der Waals surface area contributed by atoms with E-state index in [9.17, 15) is 0 Å². The van der Waals surface area contributed by atoms with Crippen LogP contribution in [-0.4, -0.2) is 19.9 Å². The lowest BCUT2D eigenvalue weighted by atomic mass is 10.1. The summed E-state index contributed by atoms with van der Waals surface area (Å²) in [4.78, 5) is 17.3. The Labute approximate surface area is 115 Å². The predicted molar refractivity (Wildman–Crippen MR) is 74.9 cm³/mol. The normalized spacial score (nSPS) is 10.8. The molecule has 0 saturated carbocycles. The fourth-order valence-electron chi connectivity index (χ4n) is 1.85. The largest absolute Gasteiger partial charge is 0.253 e. The average molecular weight is 271 g/mol. The van der Waals surface area contributed by atoms with E-state index in [4.69, 9.17) is 11.6 Å². The van der Waals surface area contributed by atoms with Crippen LogP contribution in [0.3, 0.4) is 0 Å². The average Bonchev–Trinajstić information content (AvgIpc) is 2.47. The molecule has 0 atom stereocenters. The van der Waals surface area contributed by atoms with Crippen LogP contribution in [0.25, 0.3) is 22.4 Å². The van der Waals surface area contributed by atoms with E-state index in [1.165, 1.54) is 0 Å². The molecule has 4 nitrogen and oxygen atoms in total. The highest BCUT2D eigenvalue weighted by molar-refractivity contribution is 6.17. The summed E-state index contributed by atoms with van der Waals surface area (Å²) in [6.45, 7) is 1.95. The number of aromatic nitrogens is 4. The Hall–Kier alpha value is -2.07. The maximum absolute atomic E-state index is 5.87. The minimum absolute atomic E-state index is 0.384. The van der Waals surface area contributed by atoms with Gasteiger partial charge < -0.3 is 0 Å². The van der Waals surface area contributed by atoms with Gasteiger partial charge in [-0.15, -0.1) is 11.6 Å². The van der Waals surface area contributed by atoms with Crippen molar-refractivity contribution in [3.05, 3.63) is 48.0 Å². The summed E-state index contributed by atoms with van der Waals surface area (Å²) >= 11 is 5.87. The lowest BCUT2D eigenvalue weighted by molar-refractivity contribution is 1.05. The summed E-state index contributed by atoms with van der Waals surface area (Å²) in [5.74, 6) is 1.04. The Bertz CT molecular complexity index is 742. The molecule has 0 fully saturated rings. The van der Waals surface area contributed by atoms with Crippen LogP contribution in [0.2, 0.25) is 0 Å². The van der Waals surface area contributed by atoms with Crippen LogP contribution < -0.4 is 0 Å². The van der Waals surface area contributed by atoms with Crippen molar-refractivity contribution in [2.45, 2.75) is 12.8 Å². The second kappa shape index (κ2) is 4.90. The highest BCUT2D eigenvalue weighted by Gasteiger charge is 2.06. The highest BCUT2D eigenvalue weighted by atomic mass is 35.5. The molecular formula is C14H11ClN4. The Morgan fingerprint density at radius 3 is 2.63 bits per heavy atom. The molecule has 2 aromatic heterocycles. The molecule has 0 spiro atoms. The predicted octanol–water partition coefficient (Wildman–Crippen LogP) is 3.13. The number of fused-ring (bicyclic) bond motifs is 1. The van der Waals surface area contributed by atoms with Crippen LogP contribution in [0.4, 0.5) is 0 Å². The summed E-state index contributed by atoms with van der Waals surface area (Å²) < 4.78 is 0. The van der Waals surface area contributed by atoms with Crippen LogP contribution in [-0.2, 0) is 5.88 Å². The number of halogens is 1. The number of nitrogens with zero attached hydrogens (tertiary/aromatic N) is 4. The van der Waals surface area contributed by atoms with Crippen LogP contribution in [0.15, 0.2) is 36.8 Å². The standard InChI is InChI=1S/C14H11ClN4/c1-9-8-18-14(19-13(9)7-15)10-2-3-11-12(6-10)17-5-4-16-11/h2-6,8H,7H2,1H3. The lowest BCUT2D eigenvalue weighted by Gasteiger charge is -2.05. The number of rotatable bonds is 2. The lowest BCUT2D eigenvalue weighted by Crippen LogP contribution is -1.97. The first kappa shape index (κ1) is 12.0. The molecule has 3 rings (SSSR count). The molecule has 2 heterocycles. The van der Waals surface area contributed by atoms with Gasteiger partial charge in [-0.25, -0.2) is 9.97 Å². The maximum atomic E-state index is 5.87. The van der Waals surface area contributed by atoms with Gasteiger partial charge in [0.2, 0.25) is 0 Å². The van der Waals surface area contributed by atoms with Gasteiger partial charge in [0.25, 0.3) is 0 Å². The van der Waals surface area contributed by atoms with Crippen LogP contribution in [0.1, 0.15) is 11.3 Å². The van der Waals surface area contributed by atoms with Gasteiger partial charge in [-0.05, 0) is 30.7 Å². The van der Waals surface area contributed by atoms with Gasteiger partial charge in [-0.2, -0.15) is 0 Å². The van der Waals surface area contributed by atoms with Crippen molar-refractivity contribution in [1.82, 2.24) is 19.9 Å². The van der Waals surface area contributed by atoms with Gasteiger partial charge in [0.1, 0.15) is 0 Å². The van der Waals surface area contributed by atoms with Crippen LogP contribution in [0.5, 0.6) is 0 Å². The van der Waals surface area contributed by atoms with E-state index < -0.39 is 0 Å². The molecular weight excluding hydrogens is 260 g/mol. The summed E-state index contributed by atoms with van der Waals surface area (Å²) in [5, 5.41) is 0. The van der Waals surface area contributed by atoms with Crippen molar-refractivity contribution in [3.63, 3.8) is 0 Å². The molecule has 1 aromatic carbocycles. The summed E-state index contributed by atoms with van der Waals surface area (Å²) in [6, 6.07) is 5.80. The van der Waals surface area contributed by atoms with E-state index in [2.05, 4.69) is 19.9 Å². The van der Waals surface area contributed by atoms with E-state index in [-0.39, 0.29) is 0 Å². The zero-order chi connectivity index (χ0) is 13.2. The minimum Gasteiger partial charge on any atom is -0.253 e. The second-order valence-electron chi connectivity index (χ2n) is 4.22. The Kier molecular flexibility index (Phi) is 3.09. The summed E-state index contributed by atoms with van der Waals surface area (Å²) in [6.07, 6.45) is 5.14. The van der Waals surface area contributed by atoms with Crippen molar-refractivity contribution in [2.75, 3.05) is 0 Å². The Morgan fingerprint density at radius 1 is 1.05 bits per heavy atom. The molecule has 0 bridgehead atoms. The second-order valence-corrected chi connectivity index (χ2v) is 4.48. The minimum atomic E-state index is 0.384. The molecule has 94 valence electrons. The van der Waals surface area contributed by atoms with E-state index in [0.717, 1.165) is 27.9 Å². The van der Waals surface area contributed by atoms with E-state index >= 15 is 0 Å². The highest BCUT2D eigenvalue weighted by Crippen LogP contribution is 2.20. The van der Waals surface area contributed by atoms with Gasteiger partial charge in [0, 0.05) is 24.2 Å². The fraction of sp³-hybridized carbons (Fsp3) is 0.143. The molecule has 5 heteroatoms. The summed E-state index contributed by atoms with van der Waals surface area (Å²) in [5.41, 5.74) is 4.46. The number of hydrogen-bond acceptors (Lipinski definition) is 4. The maximum Gasteiger partial charge on any atom is 0.159 e. The van der Waals surface area contributed by atoms with Gasteiger partial charge in [-0.1, -0.05) is 0 Å². The number of hydrogen-bond donors (Lipinski definition) is 0. The number of aryl methyl sites for hydroxylation is 1. The molecule has 19 heavy (non-hydrogen) atoms. The number of benzene rings is 1. The monoisotopic (exact) mass is 270 g/mol. The van der Waals surface area contributed by atoms with Crippen molar-refractivity contribution in [3.8, 4) is 11.4 Å². The molecule has 0 aliphatic rings. The van der Waals surface area contributed by atoms with Gasteiger partial charge >= 0.3 is 0 Å². The van der Waals surface area contributed by atoms with Crippen molar-refractivity contribution in [1.29, 1.82) is 0 Å². The molecule has 0 aliphatic carbocycles. The Balaban J connectivity index is 2.13. The zero-order valence-corrected chi connectivity index (χ0v) is 11.1. The third kappa shape index (κ3) is 2.27. The zero-order valence-electron chi connectivity index (χ0n) is 10.3. The van der Waals surface area contributed by atoms with E-state index in [1.54, 1.807) is 18.6 Å².